The summed E-state index contributed by atoms with van der Waals surface area (Å²) < 4.78 is 0.980. The first-order chi connectivity index (χ1) is 16.0. The predicted molar refractivity (Wildman–Crippen MR) is 127 cm³/mol. The molecule has 33 heavy (non-hydrogen) atoms. The van der Waals surface area contributed by atoms with Gasteiger partial charge in [0.2, 0.25) is 0 Å². The fourth-order valence-corrected chi connectivity index (χ4v) is 4.99. The first kappa shape index (κ1) is 21.6. The minimum atomic E-state index is -0.593. The molecule has 3 N–H and O–H groups in total. The number of anilines is 2. The Labute approximate surface area is 198 Å². The van der Waals surface area contributed by atoms with E-state index in [2.05, 4.69) is 31.1 Å². The van der Waals surface area contributed by atoms with E-state index < -0.39 is 5.91 Å². The molecule has 1 aromatic heterocycles. The zero-order chi connectivity index (χ0) is 22.9. The average Bonchev–Trinajstić information content (AvgIpc) is 3.27. The quantitative estimate of drug-likeness (QED) is 0.367. The Bertz CT molecular complexity index is 1200. The minimum Gasteiger partial charge on any atom is -0.355 e. The maximum atomic E-state index is 12.8. The first-order valence-electron chi connectivity index (χ1n) is 10.8. The van der Waals surface area contributed by atoms with Crippen LogP contribution in [0.3, 0.4) is 0 Å². The van der Waals surface area contributed by atoms with Crippen molar-refractivity contribution in [3.63, 3.8) is 0 Å². The fraction of sp³-hybridized carbons (Fsp3) is 0.304. The van der Waals surface area contributed by atoms with Crippen LogP contribution in [-0.4, -0.2) is 58.2 Å². The maximum absolute atomic E-state index is 12.8. The molecule has 2 atom stereocenters. The lowest BCUT2D eigenvalue weighted by molar-refractivity contribution is 0.0706. The molecule has 0 spiro atoms. The Morgan fingerprint density at radius 2 is 1.82 bits per heavy atom. The van der Waals surface area contributed by atoms with Gasteiger partial charge in [-0.15, -0.1) is 0 Å². The molecular formula is C23H23BrN6O3. The Morgan fingerprint density at radius 1 is 1.03 bits per heavy atom. The largest absolute Gasteiger partial charge is 0.355 e. The topological polar surface area (TPSA) is 111 Å². The molecule has 2 aromatic carbocycles. The second-order valence-corrected chi connectivity index (χ2v) is 9.39. The molecule has 3 heterocycles. The van der Waals surface area contributed by atoms with Gasteiger partial charge in [0.05, 0.1) is 17.2 Å². The number of amides is 3. The number of piperidine rings is 1. The number of hydrogen-bond acceptors (Lipinski definition) is 6. The number of nitrogens with zero attached hydrogens (tertiary/aromatic N) is 4. The van der Waals surface area contributed by atoms with Gasteiger partial charge in [-0.1, -0.05) is 15.9 Å². The predicted octanol–water partition coefficient (Wildman–Crippen LogP) is 3.50. The normalized spacial score (nSPS) is 19.9. The second-order valence-electron chi connectivity index (χ2n) is 8.47. The van der Waals surface area contributed by atoms with E-state index in [9.17, 15) is 9.59 Å². The van der Waals surface area contributed by atoms with Crippen LogP contribution in [0.4, 0.5) is 16.3 Å². The number of halogens is 1. The van der Waals surface area contributed by atoms with Crippen molar-refractivity contribution >= 4 is 50.4 Å². The van der Waals surface area contributed by atoms with E-state index in [1.165, 1.54) is 0 Å². The van der Waals surface area contributed by atoms with Gasteiger partial charge in [-0.25, -0.2) is 15.3 Å². The molecule has 0 bridgehead atoms. The summed E-state index contributed by atoms with van der Waals surface area (Å²) in [7, 11) is 0. The van der Waals surface area contributed by atoms with Gasteiger partial charge in [-0.2, -0.15) is 0 Å². The number of nitrogens with one attached hydrogen (secondary N) is 2. The molecule has 2 unspecified atom stereocenters. The molecule has 2 saturated heterocycles. The number of rotatable bonds is 3. The number of likely N-dealkylation sites (tertiary alicyclic amines) is 1. The maximum Gasteiger partial charge on any atom is 0.321 e. The van der Waals surface area contributed by atoms with Crippen molar-refractivity contribution in [2.45, 2.75) is 6.42 Å². The summed E-state index contributed by atoms with van der Waals surface area (Å²) >= 11 is 3.47. The highest BCUT2D eigenvalue weighted by Gasteiger charge is 2.39. The Hall–Kier alpha value is -3.24. The van der Waals surface area contributed by atoms with Crippen LogP contribution in [0.1, 0.15) is 16.8 Å². The van der Waals surface area contributed by atoms with E-state index in [-0.39, 0.29) is 6.03 Å². The second kappa shape index (κ2) is 8.95. The summed E-state index contributed by atoms with van der Waals surface area (Å²) in [4.78, 5) is 37.7. The fourth-order valence-electron chi connectivity index (χ4n) is 4.64. The van der Waals surface area contributed by atoms with Crippen LogP contribution in [0.5, 0.6) is 0 Å². The molecule has 9 nitrogen and oxygen atoms in total. The van der Waals surface area contributed by atoms with E-state index in [0.717, 1.165) is 47.4 Å². The molecule has 2 aliphatic heterocycles. The van der Waals surface area contributed by atoms with Crippen molar-refractivity contribution in [1.82, 2.24) is 20.3 Å². The Morgan fingerprint density at radius 3 is 2.61 bits per heavy atom. The van der Waals surface area contributed by atoms with Crippen LogP contribution in [0.2, 0.25) is 0 Å². The zero-order valence-corrected chi connectivity index (χ0v) is 19.3. The molecule has 0 aliphatic carbocycles. The smallest absolute Gasteiger partial charge is 0.321 e. The van der Waals surface area contributed by atoms with Crippen LogP contribution in [-0.2, 0) is 0 Å². The van der Waals surface area contributed by atoms with Gasteiger partial charge in [0.1, 0.15) is 5.82 Å². The number of carbonyl (C=O) groups is 2. The van der Waals surface area contributed by atoms with Crippen LogP contribution >= 0.6 is 15.9 Å². The average molecular weight is 511 g/mol. The van der Waals surface area contributed by atoms with Gasteiger partial charge in [-0.3, -0.25) is 15.0 Å². The van der Waals surface area contributed by atoms with Crippen LogP contribution < -0.4 is 15.7 Å². The molecule has 170 valence electrons. The summed E-state index contributed by atoms with van der Waals surface area (Å²) in [6.07, 6.45) is 2.83. The SMILES string of the molecule is O=C(NO)c1ccc(NC(=O)N2CC3CCN(c4cnc5cc(Br)ccc5n4)CC3C2)cc1. The number of fused-ring (bicyclic) bond motifs is 2. The Balaban J connectivity index is 1.22. The Kier molecular flexibility index (Phi) is 5.86. The summed E-state index contributed by atoms with van der Waals surface area (Å²) in [6.45, 7) is 3.15. The summed E-state index contributed by atoms with van der Waals surface area (Å²) in [6, 6.07) is 12.1. The van der Waals surface area contributed by atoms with Crippen LogP contribution in [0.15, 0.2) is 53.1 Å². The number of hydrogen-bond donors (Lipinski definition) is 3. The standard InChI is InChI=1S/C23H23BrN6O3/c24-17-3-6-19-20(9-17)25-10-21(27-19)29-8-7-15-11-30(13-16(15)12-29)23(32)26-18-4-1-14(2-5-18)22(31)28-33/h1-6,9-10,15-16,33H,7-8,11-13H2,(H,26,32)(H,28,31). The number of urea groups is 1. The van der Waals surface area contributed by atoms with Crippen LogP contribution in [0.25, 0.3) is 11.0 Å². The molecule has 3 aromatic rings. The minimum absolute atomic E-state index is 0.147. The van der Waals surface area contributed by atoms with Crippen molar-refractivity contribution in [1.29, 1.82) is 0 Å². The molecular weight excluding hydrogens is 488 g/mol. The summed E-state index contributed by atoms with van der Waals surface area (Å²) in [5.41, 5.74) is 4.23. The van der Waals surface area contributed by atoms with E-state index in [4.69, 9.17) is 10.2 Å². The van der Waals surface area contributed by atoms with Crippen LogP contribution in [0, 0.1) is 11.8 Å². The van der Waals surface area contributed by atoms with Crippen molar-refractivity contribution in [2.24, 2.45) is 11.8 Å². The highest BCUT2D eigenvalue weighted by Crippen LogP contribution is 2.33. The van der Waals surface area contributed by atoms with Gasteiger partial charge in [0.25, 0.3) is 5.91 Å². The van der Waals surface area contributed by atoms with Crippen molar-refractivity contribution < 1.29 is 14.8 Å². The third kappa shape index (κ3) is 4.49. The summed E-state index contributed by atoms with van der Waals surface area (Å²) in [5, 5.41) is 11.6. The molecule has 2 aliphatic rings. The molecule has 10 heteroatoms. The highest BCUT2D eigenvalue weighted by atomic mass is 79.9. The third-order valence-electron chi connectivity index (χ3n) is 6.40. The van der Waals surface area contributed by atoms with E-state index in [1.807, 2.05) is 29.3 Å². The van der Waals surface area contributed by atoms with Gasteiger partial charge >= 0.3 is 6.03 Å². The summed E-state index contributed by atoms with van der Waals surface area (Å²) in [5.74, 6) is 1.12. The molecule has 3 amide bonds. The molecule has 0 radical (unpaired) electrons. The van der Waals surface area contributed by atoms with E-state index in [0.29, 0.717) is 29.6 Å². The van der Waals surface area contributed by atoms with Gasteiger partial charge in [0.15, 0.2) is 0 Å². The van der Waals surface area contributed by atoms with Gasteiger partial charge in [-0.05, 0) is 60.7 Å². The van der Waals surface area contributed by atoms with Crippen molar-refractivity contribution in [3.8, 4) is 0 Å². The third-order valence-corrected chi connectivity index (χ3v) is 6.90. The van der Waals surface area contributed by atoms with Gasteiger partial charge < -0.3 is 15.1 Å². The molecule has 2 fully saturated rings. The number of carbonyl (C=O) groups excluding carboxylic acids is 2. The number of hydroxylamine groups is 1. The lowest BCUT2D eigenvalue weighted by Crippen LogP contribution is -2.40. The van der Waals surface area contributed by atoms with E-state index >= 15 is 0 Å². The number of aromatic nitrogens is 2. The lowest BCUT2D eigenvalue weighted by Gasteiger charge is -2.34. The molecule has 0 saturated carbocycles. The van der Waals surface area contributed by atoms with Crippen molar-refractivity contribution in [2.75, 3.05) is 36.4 Å². The monoisotopic (exact) mass is 510 g/mol. The lowest BCUT2D eigenvalue weighted by atomic mass is 9.89. The zero-order valence-electron chi connectivity index (χ0n) is 17.7. The number of benzene rings is 2. The van der Waals surface area contributed by atoms with E-state index in [1.54, 1.807) is 29.7 Å². The van der Waals surface area contributed by atoms with Gasteiger partial charge in [0, 0.05) is 41.9 Å². The van der Waals surface area contributed by atoms with Crippen molar-refractivity contribution in [3.05, 3.63) is 58.7 Å². The molecule has 5 rings (SSSR count). The highest BCUT2D eigenvalue weighted by molar-refractivity contribution is 9.10. The first-order valence-corrected chi connectivity index (χ1v) is 11.6.